The van der Waals surface area contributed by atoms with Gasteiger partial charge in [-0.2, -0.15) is 0 Å². The lowest BCUT2D eigenvalue weighted by Crippen LogP contribution is -2.24. The molecule has 2 aromatic rings. The number of rotatable bonds is 6. The standard InChI is InChI=1S/C15H16F3NO/c1-2-5-19-14(9-11-4-3-6-20-11)10-7-12(16)15(18)13(17)8-10/h3-4,6-8,14,19H,2,5,9H2,1H3. The second kappa shape index (κ2) is 6.61. The summed E-state index contributed by atoms with van der Waals surface area (Å²) < 4.78 is 44.9. The molecule has 0 amide bonds. The van der Waals surface area contributed by atoms with E-state index in [1.165, 1.54) is 6.26 Å². The summed E-state index contributed by atoms with van der Waals surface area (Å²) in [5.41, 5.74) is 0.367. The SMILES string of the molecule is CCCNC(Cc1ccco1)c1cc(F)c(F)c(F)c1. The topological polar surface area (TPSA) is 25.2 Å². The number of nitrogens with one attached hydrogen (secondary N) is 1. The molecule has 0 radical (unpaired) electrons. The number of hydrogen-bond acceptors (Lipinski definition) is 2. The molecule has 0 saturated carbocycles. The molecule has 0 bridgehead atoms. The summed E-state index contributed by atoms with van der Waals surface area (Å²) in [5, 5.41) is 3.18. The molecule has 0 aliphatic heterocycles. The maximum Gasteiger partial charge on any atom is 0.194 e. The van der Waals surface area contributed by atoms with Crippen LogP contribution in [0.4, 0.5) is 13.2 Å². The van der Waals surface area contributed by atoms with Crippen molar-refractivity contribution in [1.82, 2.24) is 5.32 Å². The van der Waals surface area contributed by atoms with Crippen LogP contribution in [0.3, 0.4) is 0 Å². The lowest BCUT2D eigenvalue weighted by molar-refractivity contribution is 0.427. The molecule has 1 aromatic heterocycles. The molecule has 1 N–H and O–H groups in total. The molecule has 0 aliphatic rings. The molecule has 1 atom stereocenters. The summed E-state index contributed by atoms with van der Waals surface area (Å²) in [5.74, 6) is -3.10. The van der Waals surface area contributed by atoms with Gasteiger partial charge < -0.3 is 9.73 Å². The molecule has 1 heterocycles. The monoisotopic (exact) mass is 283 g/mol. The largest absolute Gasteiger partial charge is 0.469 e. The average Bonchev–Trinajstić information content (AvgIpc) is 2.93. The fourth-order valence-corrected chi connectivity index (χ4v) is 2.03. The normalized spacial score (nSPS) is 12.6. The Morgan fingerprint density at radius 2 is 1.90 bits per heavy atom. The van der Waals surface area contributed by atoms with E-state index in [-0.39, 0.29) is 6.04 Å². The quantitative estimate of drug-likeness (QED) is 0.811. The third kappa shape index (κ3) is 3.42. The predicted octanol–water partition coefficient (Wildman–Crippen LogP) is 3.98. The zero-order chi connectivity index (χ0) is 14.5. The minimum Gasteiger partial charge on any atom is -0.469 e. The molecule has 0 fully saturated rings. The summed E-state index contributed by atoms with van der Waals surface area (Å²) >= 11 is 0. The summed E-state index contributed by atoms with van der Waals surface area (Å²) in [6, 6.07) is 5.25. The van der Waals surface area contributed by atoms with Crippen molar-refractivity contribution in [2.75, 3.05) is 6.54 Å². The first-order valence-electron chi connectivity index (χ1n) is 6.52. The molecule has 0 spiro atoms. The van der Waals surface area contributed by atoms with Gasteiger partial charge in [-0.15, -0.1) is 0 Å². The first kappa shape index (κ1) is 14.7. The number of halogens is 3. The van der Waals surface area contributed by atoms with E-state index in [0.29, 0.717) is 24.3 Å². The van der Waals surface area contributed by atoms with Gasteiger partial charge in [-0.25, -0.2) is 13.2 Å². The van der Waals surface area contributed by atoms with Crippen molar-refractivity contribution in [2.24, 2.45) is 0 Å². The van der Waals surface area contributed by atoms with Crippen molar-refractivity contribution in [3.63, 3.8) is 0 Å². The van der Waals surface area contributed by atoms with Crippen LogP contribution in [0.2, 0.25) is 0 Å². The molecular formula is C15H16F3NO. The fraction of sp³-hybridized carbons (Fsp3) is 0.333. The van der Waals surface area contributed by atoms with E-state index in [0.717, 1.165) is 18.6 Å². The first-order valence-corrected chi connectivity index (χ1v) is 6.52. The number of benzene rings is 1. The van der Waals surface area contributed by atoms with E-state index in [2.05, 4.69) is 5.32 Å². The summed E-state index contributed by atoms with van der Waals surface area (Å²) in [7, 11) is 0. The molecule has 2 nitrogen and oxygen atoms in total. The Morgan fingerprint density at radius 1 is 1.20 bits per heavy atom. The minimum atomic E-state index is -1.44. The highest BCUT2D eigenvalue weighted by Crippen LogP contribution is 2.23. The Balaban J connectivity index is 2.25. The van der Waals surface area contributed by atoms with E-state index in [1.54, 1.807) is 12.1 Å². The lowest BCUT2D eigenvalue weighted by Gasteiger charge is -2.18. The van der Waals surface area contributed by atoms with Crippen LogP contribution in [-0.2, 0) is 6.42 Å². The zero-order valence-corrected chi connectivity index (χ0v) is 11.1. The van der Waals surface area contributed by atoms with Crippen molar-refractivity contribution >= 4 is 0 Å². The van der Waals surface area contributed by atoms with Gasteiger partial charge in [0.2, 0.25) is 0 Å². The lowest BCUT2D eigenvalue weighted by atomic mass is 10.0. The molecule has 1 unspecified atom stereocenters. The van der Waals surface area contributed by atoms with Crippen molar-refractivity contribution in [2.45, 2.75) is 25.8 Å². The van der Waals surface area contributed by atoms with Crippen molar-refractivity contribution in [1.29, 1.82) is 0 Å². The average molecular weight is 283 g/mol. The number of hydrogen-bond donors (Lipinski definition) is 1. The molecule has 1 aromatic carbocycles. The maximum absolute atomic E-state index is 13.3. The van der Waals surface area contributed by atoms with Crippen LogP contribution in [0.25, 0.3) is 0 Å². The van der Waals surface area contributed by atoms with Gasteiger partial charge in [0, 0.05) is 12.5 Å². The summed E-state index contributed by atoms with van der Waals surface area (Å²) in [4.78, 5) is 0. The third-order valence-electron chi connectivity index (χ3n) is 3.03. The van der Waals surface area contributed by atoms with Crippen LogP contribution in [-0.4, -0.2) is 6.54 Å². The van der Waals surface area contributed by atoms with Crippen LogP contribution in [0.5, 0.6) is 0 Å². The van der Waals surface area contributed by atoms with Crippen LogP contribution >= 0.6 is 0 Å². The van der Waals surface area contributed by atoms with Crippen LogP contribution in [0.1, 0.15) is 30.7 Å². The number of furan rings is 1. The van der Waals surface area contributed by atoms with E-state index >= 15 is 0 Å². The van der Waals surface area contributed by atoms with Crippen LogP contribution in [0, 0.1) is 17.5 Å². The summed E-state index contributed by atoms with van der Waals surface area (Å²) in [6.45, 7) is 2.68. The van der Waals surface area contributed by atoms with Crippen molar-refractivity contribution in [3.05, 3.63) is 59.3 Å². The van der Waals surface area contributed by atoms with E-state index in [9.17, 15) is 13.2 Å². The van der Waals surface area contributed by atoms with Gasteiger partial charge in [0.25, 0.3) is 0 Å². The molecule has 0 aliphatic carbocycles. The predicted molar refractivity (Wildman–Crippen MR) is 69.8 cm³/mol. The van der Waals surface area contributed by atoms with Crippen LogP contribution < -0.4 is 5.32 Å². The zero-order valence-electron chi connectivity index (χ0n) is 11.1. The van der Waals surface area contributed by atoms with E-state index in [4.69, 9.17) is 4.42 Å². The van der Waals surface area contributed by atoms with Gasteiger partial charge in [-0.3, -0.25) is 0 Å². The summed E-state index contributed by atoms with van der Waals surface area (Å²) in [6.07, 6.45) is 2.86. The second-order valence-corrected chi connectivity index (χ2v) is 4.59. The highest BCUT2D eigenvalue weighted by molar-refractivity contribution is 5.24. The fourth-order valence-electron chi connectivity index (χ4n) is 2.03. The van der Waals surface area contributed by atoms with Gasteiger partial charge in [-0.05, 0) is 42.8 Å². The first-order chi connectivity index (χ1) is 9.61. The van der Waals surface area contributed by atoms with Gasteiger partial charge in [0.1, 0.15) is 5.76 Å². The highest BCUT2D eigenvalue weighted by atomic mass is 19.2. The Morgan fingerprint density at radius 3 is 2.45 bits per heavy atom. The van der Waals surface area contributed by atoms with Gasteiger partial charge >= 0.3 is 0 Å². The van der Waals surface area contributed by atoms with E-state index in [1.807, 2.05) is 6.92 Å². The van der Waals surface area contributed by atoms with Gasteiger partial charge in [0.05, 0.1) is 6.26 Å². The van der Waals surface area contributed by atoms with Gasteiger partial charge in [0.15, 0.2) is 17.5 Å². The van der Waals surface area contributed by atoms with Crippen molar-refractivity contribution in [3.8, 4) is 0 Å². The Bertz CT molecular complexity index is 531. The second-order valence-electron chi connectivity index (χ2n) is 4.59. The van der Waals surface area contributed by atoms with E-state index < -0.39 is 17.5 Å². The Kier molecular flexibility index (Phi) is 4.84. The van der Waals surface area contributed by atoms with Crippen LogP contribution in [0.15, 0.2) is 34.9 Å². The molecule has 0 saturated heterocycles. The molecule has 2 rings (SSSR count). The minimum absolute atomic E-state index is 0.328. The van der Waals surface area contributed by atoms with Crippen molar-refractivity contribution < 1.29 is 17.6 Å². The molecular weight excluding hydrogens is 267 g/mol. The Labute approximate surface area is 115 Å². The smallest absolute Gasteiger partial charge is 0.194 e. The molecule has 20 heavy (non-hydrogen) atoms. The van der Waals surface area contributed by atoms with Gasteiger partial charge in [-0.1, -0.05) is 6.92 Å². The Hall–Kier alpha value is -1.75. The molecule has 5 heteroatoms. The third-order valence-corrected chi connectivity index (χ3v) is 3.03. The highest BCUT2D eigenvalue weighted by Gasteiger charge is 2.18. The maximum atomic E-state index is 13.3. The molecule has 108 valence electrons.